The van der Waals surface area contributed by atoms with Gasteiger partial charge in [0, 0.05) is 28.1 Å². The van der Waals surface area contributed by atoms with Crippen LogP contribution in [0.25, 0.3) is 0 Å². The number of nitrogens with zero attached hydrogens (tertiary/aromatic N) is 1. The molecule has 2 N–H and O–H groups in total. The van der Waals surface area contributed by atoms with Gasteiger partial charge in [-0.05, 0) is 49.7 Å². The lowest BCUT2D eigenvalue weighted by atomic mass is 9.84. The molecule has 1 aromatic heterocycles. The van der Waals surface area contributed by atoms with E-state index in [2.05, 4.69) is 29.5 Å². The molecule has 180 valence electrons. The van der Waals surface area contributed by atoms with Gasteiger partial charge in [0.25, 0.3) is 5.91 Å². The lowest BCUT2D eigenvalue weighted by Gasteiger charge is -2.26. The first kappa shape index (κ1) is 25.2. The molecule has 0 bridgehead atoms. The zero-order chi connectivity index (χ0) is 24.9. The van der Waals surface area contributed by atoms with E-state index in [4.69, 9.17) is 9.47 Å². The fourth-order valence-electron chi connectivity index (χ4n) is 3.56. The van der Waals surface area contributed by atoms with Crippen LogP contribution in [0.1, 0.15) is 45.3 Å². The Hall–Kier alpha value is -3.39. The van der Waals surface area contributed by atoms with E-state index >= 15 is 0 Å². The number of anilines is 1. The largest absolute Gasteiger partial charge is 0.493 e. The monoisotopic (exact) mass is 481 g/mol. The minimum absolute atomic E-state index is 0.0414. The fourth-order valence-corrected chi connectivity index (χ4v) is 4.39. The number of aryl methyl sites for hydroxylation is 2. The predicted octanol–water partition coefficient (Wildman–Crippen LogP) is 4.67. The van der Waals surface area contributed by atoms with Gasteiger partial charge in [-0.2, -0.15) is 0 Å². The first-order chi connectivity index (χ1) is 16.1. The van der Waals surface area contributed by atoms with E-state index in [1.54, 1.807) is 36.6 Å². The number of aromatic nitrogens is 1. The number of rotatable bonds is 9. The van der Waals surface area contributed by atoms with Crippen LogP contribution in [0.3, 0.4) is 0 Å². The summed E-state index contributed by atoms with van der Waals surface area (Å²) in [5, 5.41) is 6.90. The van der Waals surface area contributed by atoms with E-state index in [1.165, 1.54) is 7.11 Å². The lowest BCUT2D eigenvalue weighted by Crippen LogP contribution is -2.37. The van der Waals surface area contributed by atoms with Crippen LogP contribution < -0.4 is 20.1 Å². The first-order valence-electron chi connectivity index (χ1n) is 11.0. The van der Waals surface area contributed by atoms with Crippen molar-refractivity contribution in [2.75, 3.05) is 26.1 Å². The fraction of sp³-hybridized carbons (Fsp3) is 0.346. The Morgan fingerprint density at radius 3 is 2.26 bits per heavy atom. The summed E-state index contributed by atoms with van der Waals surface area (Å²) in [6.45, 7) is 8.57. The molecule has 0 radical (unpaired) electrons. The van der Waals surface area contributed by atoms with Gasteiger partial charge in [-0.15, -0.1) is 11.3 Å². The smallest absolute Gasteiger partial charge is 0.255 e. The summed E-state index contributed by atoms with van der Waals surface area (Å²) >= 11 is 1.61. The molecule has 0 atom stereocenters. The third-order valence-corrected chi connectivity index (χ3v) is 6.55. The van der Waals surface area contributed by atoms with Crippen LogP contribution >= 0.6 is 11.3 Å². The summed E-state index contributed by atoms with van der Waals surface area (Å²) in [5.41, 5.74) is 2.76. The van der Waals surface area contributed by atoms with Crippen LogP contribution in [0.15, 0.2) is 42.5 Å². The molecule has 34 heavy (non-hydrogen) atoms. The number of hydrogen-bond acceptors (Lipinski definition) is 6. The molecule has 0 aliphatic heterocycles. The predicted molar refractivity (Wildman–Crippen MR) is 135 cm³/mol. The molecule has 0 fully saturated rings. The van der Waals surface area contributed by atoms with Crippen LogP contribution in [0.4, 0.5) is 5.69 Å². The Morgan fingerprint density at radius 2 is 1.68 bits per heavy atom. The van der Waals surface area contributed by atoms with Crippen molar-refractivity contribution < 1.29 is 19.1 Å². The quantitative estimate of drug-likeness (QED) is 0.464. The molecule has 0 saturated heterocycles. The topological polar surface area (TPSA) is 89.6 Å². The van der Waals surface area contributed by atoms with Gasteiger partial charge < -0.3 is 20.1 Å². The van der Waals surface area contributed by atoms with Crippen molar-refractivity contribution in [1.82, 2.24) is 10.3 Å². The number of carbonyl (C=O) groups is 2. The highest BCUT2D eigenvalue weighted by atomic mass is 32.1. The van der Waals surface area contributed by atoms with Crippen molar-refractivity contribution in [3.05, 3.63) is 69.2 Å². The van der Waals surface area contributed by atoms with Crippen LogP contribution in [0.5, 0.6) is 11.5 Å². The Balaban J connectivity index is 1.59. The van der Waals surface area contributed by atoms with Gasteiger partial charge in [0.1, 0.15) is 0 Å². The zero-order valence-corrected chi connectivity index (χ0v) is 21.3. The summed E-state index contributed by atoms with van der Waals surface area (Å²) in [6.07, 6.45) is 0.285. The molecule has 0 aliphatic rings. The molecule has 8 heteroatoms. The van der Waals surface area contributed by atoms with Gasteiger partial charge in [0.05, 0.1) is 31.3 Å². The number of hydrogen-bond donors (Lipinski definition) is 2. The summed E-state index contributed by atoms with van der Waals surface area (Å²) in [7, 11) is 3.08. The van der Waals surface area contributed by atoms with E-state index in [0.717, 1.165) is 21.1 Å². The Labute approximate surface area is 204 Å². The molecule has 7 nitrogen and oxygen atoms in total. The molecule has 0 unspecified atom stereocenters. The number of benzene rings is 2. The molecular formula is C26H31N3O4S. The maximum absolute atomic E-state index is 12.7. The molecular weight excluding hydrogens is 450 g/mol. The van der Waals surface area contributed by atoms with Crippen molar-refractivity contribution in [3.8, 4) is 11.5 Å². The van der Waals surface area contributed by atoms with Crippen LogP contribution in [0.2, 0.25) is 0 Å². The summed E-state index contributed by atoms with van der Waals surface area (Å²) in [6, 6.07) is 12.7. The van der Waals surface area contributed by atoms with Crippen molar-refractivity contribution in [3.63, 3.8) is 0 Å². The maximum Gasteiger partial charge on any atom is 0.255 e. The van der Waals surface area contributed by atoms with Crippen molar-refractivity contribution in [1.29, 1.82) is 0 Å². The number of ether oxygens (including phenoxy) is 2. The highest BCUT2D eigenvalue weighted by molar-refractivity contribution is 7.11. The van der Waals surface area contributed by atoms with Crippen molar-refractivity contribution in [2.24, 2.45) is 0 Å². The van der Waals surface area contributed by atoms with Crippen LogP contribution in [-0.4, -0.2) is 37.6 Å². The normalized spacial score (nSPS) is 11.1. The number of nitrogens with one attached hydrogen (secondary N) is 2. The molecule has 0 spiro atoms. The average molecular weight is 482 g/mol. The van der Waals surface area contributed by atoms with E-state index < -0.39 is 0 Å². The summed E-state index contributed by atoms with van der Waals surface area (Å²) < 4.78 is 10.5. The Kier molecular flexibility index (Phi) is 7.94. The zero-order valence-electron chi connectivity index (χ0n) is 20.4. The SMILES string of the molecule is COc1ccc(C(=O)Nc2ccc(C(C)(C)CNC(=O)Cc3nc(C)sc3C)cc2)cc1OC. The summed E-state index contributed by atoms with van der Waals surface area (Å²) in [5.74, 6) is 0.775. The second kappa shape index (κ2) is 10.7. The lowest BCUT2D eigenvalue weighted by molar-refractivity contribution is -0.120. The van der Waals surface area contributed by atoms with Gasteiger partial charge in [-0.1, -0.05) is 26.0 Å². The van der Waals surface area contributed by atoms with Gasteiger partial charge in [0.2, 0.25) is 5.91 Å². The minimum Gasteiger partial charge on any atom is -0.493 e. The molecule has 0 saturated carbocycles. The Morgan fingerprint density at radius 1 is 1.00 bits per heavy atom. The van der Waals surface area contributed by atoms with Gasteiger partial charge in [-0.25, -0.2) is 4.98 Å². The van der Waals surface area contributed by atoms with Gasteiger partial charge in [-0.3, -0.25) is 9.59 Å². The highest BCUT2D eigenvalue weighted by Crippen LogP contribution is 2.28. The maximum atomic E-state index is 12.7. The van der Waals surface area contributed by atoms with Gasteiger partial charge >= 0.3 is 0 Å². The van der Waals surface area contributed by atoms with Crippen molar-refractivity contribution in [2.45, 2.75) is 39.5 Å². The van der Waals surface area contributed by atoms with Crippen molar-refractivity contribution >= 4 is 28.8 Å². The third-order valence-electron chi connectivity index (χ3n) is 5.63. The number of carbonyl (C=O) groups excluding carboxylic acids is 2. The van der Waals surface area contributed by atoms with E-state index in [0.29, 0.717) is 29.3 Å². The van der Waals surface area contributed by atoms with E-state index in [1.807, 2.05) is 38.1 Å². The van der Waals surface area contributed by atoms with Crippen LogP contribution in [-0.2, 0) is 16.6 Å². The molecule has 2 amide bonds. The molecule has 1 heterocycles. The number of methoxy groups -OCH3 is 2. The van der Waals surface area contributed by atoms with E-state index in [-0.39, 0.29) is 23.7 Å². The second-order valence-corrected chi connectivity index (χ2v) is 10.1. The molecule has 3 rings (SSSR count). The molecule has 0 aliphatic carbocycles. The molecule has 3 aromatic rings. The number of thiazole rings is 1. The minimum atomic E-state index is -0.283. The van der Waals surface area contributed by atoms with Gasteiger partial charge in [0.15, 0.2) is 11.5 Å². The second-order valence-electron chi connectivity index (χ2n) is 8.67. The summed E-state index contributed by atoms with van der Waals surface area (Å²) in [4.78, 5) is 30.6. The van der Waals surface area contributed by atoms with E-state index in [9.17, 15) is 9.59 Å². The highest BCUT2D eigenvalue weighted by Gasteiger charge is 2.22. The first-order valence-corrected chi connectivity index (χ1v) is 11.8. The Bertz CT molecular complexity index is 1170. The standard InChI is InChI=1S/C26H31N3O4S/c1-16-21(28-17(2)34-16)14-24(30)27-15-26(3,4)19-8-10-20(11-9-19)29-25(31)18-7-12-22(32-5)23(13-18)33-6/h7-13H,14-15H2,1-6H3,(H,27,30)(H,29,31). The molecule has 2 aromatic carbocycles. The third kappa shape index (κ3) is 6.14. The van der Waals surface area contributed by atoms with Crippen LogP contribution in [0, 0.1) is 13.8 Å². The number of amides is 2. The average Bonchev–Trinajstić information content (AvgIpc) is 3.13.